The highest BCUT2D eigenvalue weighted by Crippen LogP contribution is 2.43. The zero-order valence-corrected chi connectivity index (χ0v) is 32.9. The number of anilines is 1. The predicted molar refractivity (Wildman–Crippen MR) is 201 cm³/mol. The van der Waals surface area contributed by atoms with Crippen molar-refractivity contribution in [2.75, 3.05) is 38.1 Å². The fraction of sp³-hybridized carbons (Fsp3) is 0.500. The number of rotatable bonds is 9. The molecule has 0 saturated carbocycles. The molecule has 1 aliphatic rings. The molecule has 3 heterocycles. The third kappa shape index (κ3) is 7.33. The number of methoxy groups -OCH3 is 1. The standard InChI is InChI=1S/C38H48F2N4O5SSi/c1-22(2)51(23(3)4,24(5)6)17-14-28-30(39)13-12-26-18-27(49-21-48-9)19-29(32(26)28)34-33(40)35-31(25(7)41-34)36(43-37(42-35)50(10,46)47)44-16-11-15-38(8,45)20-44/h12-13,18-19,22-24,45H,11,15-16,20-21H2,1-10H3/t38-/m1/s1. The Bertz CT molecular complexity index is 2140. The van der Waals surface area contributed by atoms with Crippen molar-refractivity contribution in [1.29, 1.82) is 0 Å². The van der Waals surface area contributed by atoms with Crippen molar-refractivity contribution in [3.63, 3.8) is 0 Å². The molecule has 5 rings (SSSR count). The second-order valence-electron chi connectivity index (χ2n) is 14.9. The predicted octanol–water partition coefficient (Wildman–Crippen LogP) is 7.74. The minimum atomic E-state index is -3.99. The van der Waals surface area contributed by atoms with Crippen molar-refractivity contribution in [1.82, 2.24) is 15.0 Å². The van der Waals surface area contributed by atoms with E-state index in [0.29, 0.717) is 58.2 Å². The van der Waals surface area contributed by atoms with Gasteiger partial charge in [0.15, 0.2) is 12.6 Å². The van der Waals surface area contributed by atoms with Crippen molar-refractivity contribution in [2.24, 2.45) is 0 Å². The van der Waals surface area contributed by atoms with E-state index < -0.39 is 40.3 Å². The van der Waals surface area contributed by atoms with Crippen LogP contribution in [0.4, 0.5) is 14.6 Å². The third-order valence-electron chi connectivity index (χ3n) is 10.1. The number of pyridine rings is 1. The van der Waals surface area contributed by atoms with Gasteiger partial charge in [0.1, 0.15) is 36.7 Å². The SMILES string of the molecule is COCOc1cc(-c2nc(C)c3c(N4CCC[C@@](C)(O)C4)nc(S(C)(=O)=O)nc3c2F)c2c(C#C[Si](C(C)C)(C(C)C)C(C)C)c(F)ccc2c1. The summed E-state index contributed by atoms with van der Waals surface area (Å²) in [6.45, 7) is 16.9. The Morgan fingerprint density at radius 2 is 1.71 bits per heavy atom. The minimum absolute atomic E-state index is 0.0926. The summed E-state index contributed by atoms with van der Waals surface area (Å²) < 4.78 is 70.0. The van der Waals surface area contributed by atoms with Crippen LogP contribution in [0.3, 0.4) is 0 Å². The molecule has 0 spiro atoms. The van der Waals surface area contributed by atoms with Gasteiger partial charge in [0.2, 0.25) is 15.0 Å². The number of aromatic nitrogens is 3. The van der Waals surface area contributed by atoms with Crippen LogP contribution in [-0.4, -0.2) is 75.4 Å². The molecule has 1 saturated heterocycles. The Balaban J connectivity index is 1.89. The molecule has 0 unspecified atom stereocenters. The molecule has 0 bridgehead atoms. The molecule has 0 aliphatic carbocycles. The Hall–Kier alpha value is -3.70. The monoisotopic (exact) mass is 738 g/mol. The van der Waals surface area contributed by atoms with Gasteiger partial charge in [-0.3, -0.25) is 0 Å². The van der Waals surface area contributed by atoms with Crippen LogP contribution in [0.1, 0.15) is 72.6 Å². The number of aryl methyl sites for hydroxylation is 1. The van der Waals surface area contributed by atoms with Crippen LogP contribution in [0.2, 0.25) is 16.6 Å². The van der Waals surface area contributed by atoms with Gasteiger partial charge < -0.3 is 19.5 Å². The van der Waals surface area contributed by atoms with E-state index in [0.717, 1.165) is 6.26 Å². The lowest BCUT2D eigenvalue weighted by molar-refractivity contribution is 0.0447. The highest BCUT2D eigenvalue weighted by atomic mass is 32.2. The quantitative estimate of drug-likeness (QED) is 0.0797. The van der Waals surface area contributed by atoms with E-state index in [4.69, 9.17) is 14.5 Å². The van der Waals surface area contributed by atoms with Gasteiger partial charge >= 0.3 is 0 Å². The molecular weight excluding hydrogens is 691 g/mol. The third-order valence-corrected chi connectivity index (χ3v) is 17.3. The average molecular weight is 739 g/mol. The number of nitrogens with zero attached hydrogens (tertiary/aromatic N) is 4. The molecule has 1 fully saturated rings. The van der Waals surface area contributed by atoms with Gasteiger partial charge in [0.25, 0.3) is 0 Å². The van der Waals surface area contributed by atoms with Gasteiger partial charge in [-0.1, -0.05) is 53.5 Å². The summed E-state index contributed by atoms with van der Waals surface area (Å²) in [6, 6.07) is 6.23. The first-order valence-electron chi connectivity index (χ1n) is 17.3. The molecule has 2 aromatic carbocycles. The summed E-state index contributed by atoms with van der Waals surface area (Å²) in [6.07, 6.45) is 2.13. The number of fused-ring (bicyclic) bond motifs is 2. The fourth-order valence-corrected chi connectivity index (χ4v) is 13.5. The zero-order valence-electron chi connectivity index (χ0n) is 31.1. The van der Waals surface area contributed by atoms with Crippen molar-refractivity contribution in [3.8, 4) is 28.5 Å². The van der Waals surface area contributed by atoms with E-state index in [1.165, 1.54) is 13.2 Å². The average Bonchev–Trinajstić information content (AvgIpc) is 3.04. The molecule has 4 aromatic rings. The smallest absolute Gasteiger partial charge is 0.249 e. The van der Waals surface area contributed by atoms with Crippen molar-refractivity contribution >= 4 is 45.4 Å². The molecule has 0 amide bonds. The van der Waals surface area contributed by atoms with E-state index >= 15 is 8.78 Å². The number of piperidine rings is 1. The zero-order chi connectivity index (χ0) is 37.6. The van der Waals surface area contributed by atoms with Crippen LogP contribution in [-0.2, 0) is 14.6 Å². The van der Waals surface area contributed by atoms with Gasteiger partial charge in [0, 0.05) is 37.4 Å². The molecule has 1 atom stereocenters. The van der Waals surface area contributed by atoms with Gasteiger partial charge in [-0.15, -0.1) is 5.54 Å². The second kappa shape index (κ2) is 14.4. The molecular formula is C38H48F2N4O5SSi. The fourth-order valence-electron chi connectivity index (χ4n) is 7.82. The normalized spacial score (nSPS) is 17.1. The van der Waals surface area contributed by atoms with Crippen LogP contribution in [0.25, 0.3) is 32.9 Å². The maximum atomic E-state index is 17.2. The van der Waals surface area contributed by atoms with Crippen molar-refractivity contribution < 1.29 is 31.8 Å². The number of ether oxygens (including phenoxy) is 2. The van der Waals surface area contributed by atoms with Crippen LogP contribution >= 0.6 is 0 Å². The van der Waals surface area contributed by atoms with Gasteiger partial charge in [-0.25, -0.2) is 32.2 Å². The van der Waals surface area contributed by atoms with E-state index in [9.17, 15) is 13.5 Å². The molecule has 51 heavy (non-hydrogen) atoms. The van der Waals surface area contributed by atoms with Crippen LogP contribution in [0.15, 0.2) is 29.4 Å². The van der Waals surface area contributed by atoms with E-state index in [-0.39, 0.29) is 46.9 Å². The first kappa shape index (κ1) is 38.5. The van der Waals surface area contributed by atoms with Crippen molar-refractivity contribution in [2.45, 2.75) is 95.6 Å². The first-order valence-corrected chi connectivity index (χ1v) is 21.4. The molecule has 2 aromatic heterocycles. The number of hydrogen-bond acceptors (Lipinski definition) is 9. The lowest BCUT2D eigenvalue weighted by atomic mass is 9.94. The lowest BCUT2D eigenvalue weighted by Crippen LogP contribution is -2.46. The number of β-amino-alcohol motifs (C(OH)–C–C–N with tert-alkyl or cyclic N) is 1. The molecule has 1 N–H and O–H groups in total. The summed E-state index contributed by atoms with van der Waals surface area (Å²) >= 11 is 0. The maximum Gasteiger partial charge on any atom is 0.249 e. The van der Waals surface area contributed by atoms with E-state index in [1.54, 1.807) is 36.9 Å². The summed E-state index contributed by atoms with van der Waals surface area (Å²) in [5.74, 6) is 2.30. The lowest BCUT2D eigenvalue weighted by Gasteiger charge is -2.38. The number of sulfone groups is 1. The Morgan fingerprint density at radius 3 is 2.29 bits per heavy atom. The molecule has 1 aliphatic heterocycles. The van der Waals surface area contributed by atoms with Crippen molar-refractivity contribution in [3.05, 3.63) is 47.2 Å². The van der Waals surface area contributed by atoms with Crippen LogP contribution in [0.5, 0.6) is 5.75 Å². The summed E-state index contributed by atoms with van der Waals surface area (Å²) in [5.41, 5.74) is 3.65. The first-order chi connectivity index (χ1) is 23.8. The minimum Gasteiger partial charge on any atom is -0.468 e. The second-order valence-corrected chi connectivity index (χ2v) is 22.4. The molecule has 0 radical (unpaired) electrons. The number of hydrogen-bond donors (Lipinski definition) is 1. The molecule has 9 nitrogen and oxygen atoms in total. The highest BCUT2D eigenvalue weighted by Gasteiger charge is 2.42. The summed E-state index contributed by atoms with van der Waals surface area (Å²) in [4.78, 5) is 15.1. The van der Waals surface area contributed by atoms with Crippen LogP contribution in [0, 0.1) is 30.0 Å². The molecule has 13 heteroatoms. The Morgan fingerprint density at radius 1 is 1.04 bits per heavy atom. The highest BCUT2D eigenvalue weighted by molar-refractivity contribution is 7.90. The Kier molecular flexibility index (Phi) is 10.9. The summed E-state index contributed by atoms with van der Waals surface area (Å²) in [7, 11) is -4.83. The van der Waals surface area contributed by atoms with Gasteiger partial charge in [-0.05, 0) is 66.9 Å². The molecule has 274 valence electrons. The van der Waals surface area contributed by atoms with Gasteiger partial charge in [-0.2, -0.15) is 0 Å². The van der Waals surface area contributed by atoms with Gasteiger partial charge in [0.05, 0.1) is 22.2 Å². The van der Waals surface area contributed by atoms with E-state index in [2.05, 4.69) is 63.0 Å². The van der Waals surface area contributed by atoms with Crippen LogP contribution < -0.4 is 9.64 Å². The number of benzene rings is 2. The topological polar surface area (TPSA) is 115 Å². The Labute approximate surface area is 300 Å². The van der Waals surface area contributed by atoms with E-state index in [1.807, 2.05) is 0 Å². The summed E-state index contributed by atoms with van der Waals surface area (Å²) in [5, 5.41) is 11.5. The number of halogens is 2. The maximum absolute atomic E-state index is 17.2. The largest absolute Gasteiger partial charge is 0.468 e. The number of aliphatic hydroxyl groups is 1.